The maximum absolute atomic E-state index is 13.1. The van der Waals surface area contributed by atoms with Gasteiger partial charge in [-0.05, 0) is 45.4 Å². The van der Waals surface area contributed by atoms with Crippen molar-refractivity contribution in [3.05, 3.63) is 41.6 Å². The summed E-state index contributed by atoms with van der Waals surface area (Å²) in [5.41, 5.74) is 1.45. The minimum atomic E-state index is -0.516. The van der Waals surface area contributed by atoms with Crippen LogP contribution >= 0.6 is 0 Å². The summed E-state index contributed by atoms with van der Waals surface area (Å²) in [6.45, 7) is 8.10. The normalized spacial score (nSPS) is 16.2. The monoisotopic (exact) mass is 446 g/mol. The van der Waals surface area contributed by atoms with Crippen LogP contribution in [0.2, 0.25) is 0 Å². The number of amides is 2. The maximum Gasteiger partial charge on any atom is 0.230 e. The molecule has 0 saturated carbocycles. The van der Waals surface area contributed by atoms with Gasteiger partial charge >= 0.3 is 0 Å². The molecule has 0 spiro atoms. The van der Waals surface area contributed by atoms with Crippen LogP contribution in [0.15, 0.2) is 30.5 Å². The Hall–Kier alpha value is -3.93. The van der Waals surface area contributed by atoms with Gasteiger partial charge in [0.2, 0.25) is 11.8 Å². The number of aryl methyl sites for hydroxylation is 1. The summed E-state index contributed by atoms with van der Waals surface area (Å²) in [5, 5.41) is 17.7. The smallest absolute Gasteiger partial charge is 0.230 e. The van der Waals surface area contributed by atoms with Gasteiger partial charge in [0.05, 0.1) is 19.2 Å². The van der Waals surface area contributed by atoms with Crippen LogP contribution in [0.4, 0.5) is 5.82 Å². The average Bonchev–Trinajstić information content (AvgIpc) is 3.36. The van der Waals surface area contributed by atoms with Gasteiger partial charge in [0, 0.05) is 23.9 Å². The van der Waals surface area contributed by atoms with Crippen molar-refractivity contribution in [1.82, 2.24) is 19.7 Å². The van der Waals surface area contributed by atoms with Crippen LogP contribution in [0.25, 0.3) is 16.7 Å². The summed E-state index contributed by atoms with van der Waals surface area (Å²) < 4.78 is 6.90. The van der Waals surface area contributed by atoms with E-state index >= 15 is 0 Å². The molecule has 1 aliphatic heterocycles. The quantitative estimate of drug-likeness (QED) is 0.658. The Morgan fingerprint density at radius 3 is 2.73 bits per heavy atom. The Morgan fingerprint density at radius 1 is 1.33 bits per heavy atom. The van der Waals surface area contributed by atoms with E-state index in [0.717, 1.165) is 10.9 Å². The van der Waals surface area contributed by atoms with Gasteiger partial charge in [0.1, 0.15) is 22.9 Å². The molecule has 33 heavy (non-hydrogen) atoms. The zero-order valence-corrected chi connectivity index (χ0v) is 19.3. The molecule has 9 heteroatoms. The van der Waals surface area contributed by atoms with Gasteiger partial charge < -0.3 is 15.0 Å². The highest BCUT2D eigenvalue weighted by molar-refractivity contribution is 5.98. The molecule has 3 heterocycles. The largest absolute Gasteiger partial charge is 0.494 e. The molecule has 2 amide bonds. The van der Waals surface area contributed by atoms with Crippen LogP contribution in [0.5, 0.6) is 5.75 Å². The number of likely N-dealkylation sites (tertiary alicyclic amines) is 1. The Morgan fingerprint density at radius 2 is 2.09 bits per heavy atom. The standard InChI is InChI=1S/C24H26N6O3/c1-14-9-19(27-21-17(14)7-6-8-18(21)33-5)30-22(16(11-25)12-26-30)28-23(32)15-10-20(31)29(13-15)24(2,3)4/h6-9,12,15H,10,13H2,1-5H3,(H,28,32). The lowest BCUT2D eigenvalue weighted by molar-refractivity contribution is -0.131. The molecule has 9 nitrogen and oxygen atoms in total. The summed E-state index contributed by atoms with van der Waals surface area (Å²) in [6, 6.07) is 9.58. The van der Waals surface area contributed by atoms with Crippen LogP contribution in [0.3, 0.4) is 0 Å². The van der Waals surface area contributed by atoms with E-state index in [1.54, 1.807) is 12.0 Å². The van der Waals surface area contributed by atoms with Gasteiger partial charge in [0.25, 0.3) is 0 Å². The van der Waals surface area contributed by atoms with Crippen LogP contribution in [-0.2, 0) is 9.59 Å². The van der Waals surface area contributed by atoms with Gasteiger partial charge in [-0.1, -0.05) is 12.1 Å². The van der Waals surface area contributed by atoms with Gasteiger partial charge in [-0.25, -0.2) is 4.98 Å². The van der Waals surface area contributed by atoms with E-state index in [1.807, 2.05) is 52.0 Å². The molecule has 2 aromatic heterocycles. The number of aromatic nitrogens is 3. The number of hydrogen-bond acceptors (Lipinski definition) is 6. The second kappa shape index (κ2) is 8.20. The van der Waals surface area contributed by atoms with E-state index in [2.05, 4.69) is 16.5 Å². The fraction of sp³-hybridized carbons (Fsp3) is 0.375. The molecule has 1 unspecified atom stereocenters. The minimum absolute atomic E-state index is 0.0596. The molecule has 1 aromatic carbocycles. The number of carbonyl (C=O) groups excluding carboxylic acids is 2. The van der Waals surface area contributed by atoms with Crippen LogP contribution in [0.1, 0.15) is 38.3 Å². The van der Waals surface area contributed by atoms with E-state index in [-0.39, 0.29) is 35.2 Å². The van der Waals surface area contributed by atoms with Crippen molar-refractivity contribution < 1.29 is 14.3 Å². The average molecular weight is 447 g/mol. The first-order chi connectivity index (χ1) is 15.6. The number of fused-ring (bicyclic) bond motifs is 1. The van der Waals surface area contributed by atoms with Crippen LogP contribution in [-0.4, -0.2) is 50.7 Å². The lowest BCUT2D eigenvalue weighted by Gasteiger charge is -2.31. The number of hydrogen-bond donors (Lipinski definition) is 1. The van der Waals surface area contributed by atoms with Gasteiger partial charge in [-0.3, -0.25) is 9.59 Å². The van der Waals surface area contributed by atoms with Gasteiger partial charge in [-0.2, -0.15) is 15.0 Å². The second-order valence-electron chi connectivity index (χ2n) is 9.15. The Labute approximate surface area is 192 Å². The number of carbonyl (C=O) groups is 2. The first-order valence-corrected chi connectivity index (χ1v) is 10.7. The number of anilines is 1. The SMILES string of the molecule is COc1cccc2c(C)cc(-n3ncc(C#N)c3NC(=O)C3CC(=O)N(C(C)(C)C)C3)nc12. The number of rotatable bonds is 4. The summed E-state index contributed by atoms with van der Waals surface area (Å²) in [7, 11) is 1.58. The highest BCUT2D eigenvalue weighted by Gasteiger charge is 2.39. The van der Waals surface area contributed by atoms with E-state index in [9.17, 15) is 14.9 Å². The molecule has 0 radical (unpaired) electrons. The summed E-state index contributed by atoms with van der Waals surface area (Å²) >= 11 is 0. The molecule has 0 aliphatic carbocycles. The van der Waals surface area contributed by atoms with E-state index in [0.29, 0.717) is 23.6 Å². The molecule has 4 rings (SSSR count). The van der Waals surface area contributed by atoms with E-state index in [1.165, 1.54) is 10.9 Å². The van der Waals surface area contributed by atoms with Crippen molar-refractivity contribution in [2.45, 2.75) is 39.7 Å². The molecular weight excluding hydrogens is 420 g/mol. The summed E-state index contributed by atoms with van der Waals surface area (Å²) in [4.78, 5) is 31.9. The number of nitrogens with one attached hydrogen (secondary N) is 1. The fourth-order valence-electron chi connectivity index (χ4n) is 4.12. The number of nitrogens with zero attached hydrogens (tertiary/aromatic N) is 5. The number of benzene rings is 1. The van der Waals surface area contributed by atoms with Crippen molar-refractivity contribution in [2.75, 3.05) is 19.0 Å². The van der Waals surface area contributed by atoms with Crippen molar-refractivity contribution in [1.29, 1.82) is 5.26 Å². The Balaban J connectivity index is 1.70. The predicted molar refractivity (Wildman–Crippen MR) is 123 cm³/mol. The van der Waals surface area contributed by atoms with Crippen LogP contribution in [0, 0.1) is 24.2 Å². The van der Waals surface area contributed by atoms with Gasteiger partial charge in [0.15, 0.2) is 11.6 Å². The molecule has 1 atom stereocenters. The molecule has 1 N–H and O–H groups in total. The van der Waals surface area contributed by atoms with Crippen molar-refractivity contribution >= 4 is 28.5 Å². The van der Waals surface area contributed by atoms with Gasteiger partial charge in [-0.15, -0.1) is 0 Å². The molecule has 1 aliphatic rings. The van der Waals surface area contributed by atoms with Crippen molar-refractivity contribution in [3.8, 4) is 17.6 Å². The highest BCUT2D eigenvalue weighted by Crippen LogP contribution is 2.30. The van der Waals surface area contributed by atoms with Crippen LogP contribution < -0.4 is 10.1 Å². The third-order valence-corrected chi connectivity index (χ3v) is 5.87. The Kier molecular flexibility index (Phi) is 5.54. The first kappa shape index (κ1) is 22.3. The Bertz CT molecular complexity index is 1300. The number of ether oxygens (including phenoxy) is 1. The zero-order chi connectivity index (χ0) is 23.9. The third kappa shape index (κ3) is 4.00. The predicted octanol–water partition coefficient (Wildman–Crippen LogP) is 3.19. The number of nitriles is 1. The molecule has 1 saturated heterocycles. The van der Waals surface area contributed by atoms with E-state index in [4.69, 9.17) is 9.72 Å². The van der Waals surface area contributed by atoms with E-state index < -0.39 is 5.92 Å². The molecule has 170 valence electrons. The lowest BCUT2D eigenvalue weighted by Crippen LogP contribution is -2.42. The highest BCUT2D eigenvalue weighted by atomic mass is 16.5. The molecular formula is C24H26N6O3. The topological polar surface area (TPSA) is 113 Å². The zero-order valence-electron chi connectivity index (χ0n) is 19.3. The minimum Gasteiger partial charge on any atom is -0.494 e. The first-order valence-electron chi connectivity index (χ1n) is 10.7. The fourth-order valence-corrected chi connectivity index (χ4v) is 4.12. The second-order valence-corrected chi connectivity index (χ2v) is 9.15. The summed E-state index contributed by atoms with van der Waals surface area (Å²) in [5.74, 6) is 0.380. The van der Waals surface area contributed by atoms with Crippen molar-refractivity contribution in [3.63, 3.8) is 0 Å². The number of pyridine rings is 1. The molecule has 1 fully saturated rings. The lowest BCUT2D eigenvalue weighted by atomic mass is 10.1. The number of para-hydroxylation sites is 1. The molecule has 0 bridgehead atoms. The summed E-state index contributed by atoms with van der Waals surface area (Å²) in [6.07, 6.45) is 1.52. The maximum atomic E-state index is 13.1. The third-order valence-electron chi connectivity index (χ3n) is 5.87. The molecule has 3 aromatic rings. The number of methoxy groups -OCH3 is 1. The van der Waals surface area contributed by atoms with Crippen molar-refractivity contribution in [2.24, 2.45) is 5.92 Å².